The lowest BCUT2D eigenvalue weighted by Crippen LogP contribution is -2.05. The van der Waals surface area contributed by atoms with Gasteiger partial charge in [0.05, 0.1) is 5.69 Å². The number of para-hydroxylation sites is 1. The number of Topliss-reactive ketones (excluding diaryl/α,β-unsaturated/α-hetero) is 1. The summed E-state index contributed by atoms with van der Waals surface area (Å²) < 4.78 is 5.82. The Balaban J connectivity index is 2.18. The Labute approximate surface area is 134 Å². The highest BCUT2D eigenvalue weighted by molar-refractivity contribution is 6.12. The average Bonchev–Trinajstić information content (AvgIpc) is 3.03. The topological polar surface area (TPSA) is 63.1 Å². The number of aryl methyl sites for hydroxylation is 2. The Morgan fingerprint density at radius 1 is 1.17 bits per heavy atom. The van der Waals surface area contributed by atoms with E-state index in [4.69, 9.17) is 4.42 Å². The van der Waals surface area contributed by atoms with E-state index in [9.17, 15) is 9.59 Å². The largest absolute Gasteiger partial charge is 0.452 e. The molecule has 4 nitrogen and oxygen atoms in total. The average molecular weight is 309 g/mol. The second-order valence-electron chi connectivity index (χ2n) is 5.77. The quantitative estimate of drug-likeness (QED) is 0.728. The van der Waals surface area contributed by atoms with Gasteiger partial charge in [0.15, 0.2) is 11.5 Å². The number of aromatic nitrogens is 1. The number of hydrogen-bond donors (Lipinski definition) is 1. The summed E-state index contributed by atoms with van der Waals surface area (Å²) in [4.78, 5) is 27.8. The number of carbonyl (C=O) groups excluding carboxylic acids is 2. The Morgan fingerprint density at radius 3 is 2.48 bits per heavy atom. The van der Waals surface area contributed by atoms with Gasteiger partial charge in [-0.1, -0.05) is 25.1 Å². The number of fused-ring (bicyclic) bond motifs is 1. The molecule has 0 aliphatic carbocycles. The minimum absolute atomic E-state index is 0.0457. The highest BCUT2D eigenvalue weighted by Gasteiger charge is 2.26. The van der Waals surface area contributed by atoms with Crippen molar-refractivity contribution in [2.24, 2.45) is 0 Å². The minimum Gasteiger partial charge on any atom is -0.452 e. The molecule has 3 aromatic rings. The van der Waals surface area contributed by atoms with E-state index in [2.05, 4.69) is 4.98 Å². The van der Waals surface area contributed by atoms with E-state index in [1.807, 2.05) is 31.2 Å². The molecule has 0 amide bonds. The summed E-state index contributed by atoms with van der Waals surface area (Å²) in [7, 11) is 0. The van der Waals surface area contributed by atoms with Crippen LogP contribution >= 0.6 is 0 Å². The molecule has 2 heterocycles. The van der Waals surface area contributed by atoms with Crippen molar-refractivity contribution in [1.29, 1.82) is 0 Å². The monoisotopic (exact) mass is 309 g/mol. The molecule has 0 bridgehead atoms. The van der Waals surface area contributed by atoms with Crippen LogP contribution < -0.4 is 0 Å². The highest BCUT2D eigenvalue weighted by atomic mass is 16.3. The van der Waals surface area contributed by atoms with Gasteiger partial charge < -0.3 is 9.40 Å². The maximum atomic E-state index is 13.0. The van der Waals surface area contributed by atoms with E-state index in [0.717, 1.165) is 10.9 Å². The molecule has 2 aromatic heterocycles. The van der Waals surface area contributed by atoms with Crippen LogP contribution in [0, 0.1) is 13.8 Å². The van der Waals surface area contributed by atoms with Gasteiger partial charge in [0, 0.05) is 22.2 Å². The first-order chi connectivity index (χ1) is 11.0. The number of ketones is 2. The molecule has 0 radical (unpaired) electrons. The van der Waals surface area contributed by atoms with Gasteiger partial charge >= 0.3 is 0 Å². The zero-order valence-electron chi connectivity index (χ0n) is 13.7. The summed E-state index contributed by atoms with van der Waals surface area (Å²) in [5.74, 6) is 0.106. The number of carbonyl (C=O) groups is 2. The lowest BCUT2D eigenvalue weighted by atomic mass is 10.0. The molecule has 0 spiro atoms. The number of rotatable bonds is 4. The van der Waals surface area contributed by atoms with E-state index in [0.29, 0.717) is 40.3 Å². The first-order valence-electron chi connectivity index (χ1n) is 7.70. The van der Waals surface area contributed by atoms with Gasteiger partial charge in [0.1, 0.15) is 5.58 Å². The lowest BCUT2D eigenvalue weighted by Gasteiger charge is -2.00. The Bertz CT molecular complexity index is 928. The number of H-pyrrole nitrogens is 1. The van der Waals surface area contributed by atoms with Crippen molar-refractivity contribution in [3.63, 3.8) is 0 Å². The van der Waals surface area contributed by atoms with Crippen molar-refractivity contribution in [3.8, 4) is 0 Å². The van der Waals surface area contributed by atoms with Crippen LogP contribution in [0.2, 0.25) is 0 Å². The Morgan fingerprint density at radius 2 is 1.87 bits per heavy atom. The predicted molar refractivity (Wildman–Crippen MR) is 89.3 cm³/mol. The standard InChI is InChI=1S/C19H19NO3/c1-5-13-14-8-6-7-9-15(14)23-19(13)18(22)17-10(2)16(12(4)21)11(3)20-17/h6-9,20H,5H2,1-4H3. The van der Waals surface area contributed by atoms with E-state index >= 15 is 0 Å². The van der Waals surface area contributed by atoms with E-state index in [-0.39, 0.29) is 11.6 Å². The van der Waals surface area contributed by atoms with Crippen molar-refractivity contribution in [2.45, 2.75) is 34.1 Å². The van der Waals surface area contributed by atoms with E-state index in [1.165, 1.54) is 6.92 Å². The van der Waals surface area contributed by atoms with E-state index in [1.54, 1.807) is 13.8 Å². The molecule has 23 heavy (non-hydrogen) atoms. The van der Waals surface area contributed by atoms with Crippen LogP contribution in [0.3, 0.4) is 0 Å². The number of aromatic amines is 1. The van der Waals surface area contributed by atoms with Gasteiger partial charge in [0.2, 0.25) is 5.78 Å². The van der Waals surface area contributed by atoms with Gasteiger partial charge in [-0.2, -0.15) is 0 Å². The molecule has 3 rings (SSSR count). The summed E-state index contributed by atoms with van der Waals surface area (Å²) in [5, 5.41) is 0.964. The zero-order chi connectivity index (χ0) is 16.7. The fraction of sp³-hybridized carbons (Fsp3) is 0.263. The Kier molecular flexibility index (Phi) is 3.68. The number of benzene rings is 1. The second kappa shape index (κ2) is 5.54. The SMILES string of the molecule is CCc1c(C(=O)c2[nH]c(C)c(C(C)=O)c2C)oc2ccccc12. The molecule has 0 aliphatic rings. The highest BCUT2D eigenvalue weighted by Crippen LogP contribution is 2.29. The molecule has 4 heteroatoms. The van der Waals surface area contributed by atoms with Crippen molar-refractivity contribution in [2.75, 3.05) is 0 Å². The molecule has 0 saturated heterocycles. The van der Waals surface area contributed by atoms with Crippen molar-refractivity contribution in [1.82, 2.24) is 4.98 Å². The van der Waals surface area contributed by atoms with Gasteiger partial charge in [-0.25, -0.2) is 0 Å². The lowest BCUT2D eigenvalue weighted by molar-refractivity contribution is 0.100. The molecule has 0 saturated carbocycles. The molecular formula is C19H19NO3. The predicted octanol–water partition coefficient (Wildman–Crippen LogP) is 4.37. The van der Waals surface area contributed by atoms with Gasteiger partial charge in [-0.15, -0.1) is 0 Å². The molecule has 118 valence electrons. The van der Waals surface area contributed by atoms with Crippen LogP contribution in [0.5, 0.6) is 0 Å². The molecule has 1 aromatic carbocycles. The molecule has 0 atom stereocenters. The zero-order valence-corrected chi connectivity index (χ0v) is 13.7. The third kappa shape index (κ3) is 2.31. The van der Waals surface area contributed by atoms with Crippen LogP contribution in [0.1, 0.15) is 57.3 Å². The molecule has 0 unspecified atom stereocenters. The van der Waals surface area contributed by atoms with Crippen LogP contribution in [0.15, 0.2) is 28.7 Å². The van der Waals surface area contributed by atoms with Crippen LogP contribution in [0.25, 0.3) is 11.0 Å². The summed E-state index contributed by atoms with van der Waals surface area (Å²) in [6, 6.07) is 7.64. The van der Waals surface area contributed by atoms with Crippen molar-refractivity contribution >= 4 is 22.5 Å². The maximum Gasteiger partial charge on any atom is 0.244 e. The molecule has 0 fully saturated rings. The maximum absolute atomic E-state index is 13.0. The number of hydrogen-bond acceptors (Lipinski definition) is 3. The fourth-order valence-corrected chi connectivity index (χ4v) is 3.25. The van der Waals surface area contributed by atoms with Crippen molar-refractivity contribution in [3.05, 3.63) is 58.1 Å². The van der Waals surface area contributed by atoms with Gasteiger partial charge in [0.25, 0.3) is 0 Å². The first kappa shape index (κ1) is 15.3. The third-order valence-electron chi connectivity index (χ3n) is 4.27. The van der Waals surface area contributed by atoms with Crippen LogP contribution in [-0.2, 0) is 6.42 Å². The third-order valence-corrected chi connectivity index (χ3v) is 4.27. The second-order valence-corrected chi connectivity index (χ2v) is 5.77. The van der Waals surface area contributed by atoms with Gasteiger partial charge in [-0.05, 0) is 38.8 Å². The molecule has 1 N–H and O–H groups in total. The first-order valence-corrected chi connectivity index (χ1v) is 7.70. The van der Waals surface area contributed by atoms with Crippen molar-refractivity contribution < 1.29 is 14.0 Å². The summed E-state index contributed by atoms with van der Waals surface area (Å²) in [5.41, 5.74) is 4.03. The minimum atomic E-state index is -0.203. The summed E-state index contributed by atoms with van der Waals surface area (Å²) in [6.07, 6.45) is 0.705. The van der Waals surface area contributed by atoms with Gasteiger partial charge in [-0.3, -0.25) is 9.59 Å². The van der Waals surface area contributed by atoms with Crippen LogP contribution in [-0.4, -0.2) is 16.6 Å². The molecule has 0 aliphatic heterocycles. The van der Waals surface area contributed by atoms with E-state index < -0.39 is 0 Å². The molecular weight excluding hydrogens is 290 g/mol. The Hall–Kier alpha value is -2.62. The summed E-state index contributed by atoms with van der Waals surface area (Å²) >= 11 is 0. The number of nitrogens with one attached hydrogen (secondary N) is 1. The fourth-order valence-electron chi connectivity index (χ4n) is 3.25. The number of furan rings is 1. The summed E-state index contributed by atoms with van der Waals surface area (Å²) in [6.45, 7) is 7.11. The smallest absolute Gasteiger partial charge is 0.244 e. The normalized spacial score (nSPS) is 11.1. The van der Waals surface area contributed by atoms with Crippen LogP contribution in [0.4, 0.5) is 0 Å².